The van der Waals surface area contributed by atoms with Crippen molar-refractivity contribution in [1.82, 2.24) is 9.44 Å². The molecule has 0 aliphatic carbocycles. The molecular formula is C9H18N2O6S. The van der Waals surface area contributed by atoms with Crippen molar-refractivity contribution >= 4 is 22.3 Å². The largest absolute Gasteiger partial charge is 0.481 e. The van der Waals surface area contributed by atoms with Gasteiger partial charge in [-0.05, 0) is 26.7 Å². The number of carboxylic acid groups (broad SMARTS) is 1. The molecule has 0 aliphatic rings. The highest BCUT2D eigenvalue weighted by molar-refractivity contribution is 7.88. The first-order chi connectivity index (χ1) is 8.26. The van der Waals surface area contributed by atoms with Crippen molar-refractivity contribution in [3.05, 3.63) is 0 Å². The van der Waals surface area contributed by atoms with E-state index in [1.807, 2.05) is 0 Å². The van der Waals surface area contributed by atoms with E-state index in [4.69, 9.17) is 5.11 Å². The van der Waals surface area contributed by atoms with E-state index in [1.54, 1.807) is 18.6 Å². The molecule has 0 spiro atoms. The lowest BCUT2D eigenvalue weighted by Gasteiger charge is -2.13. The number of nitrogens with one attached hydrogen (secondary N) is 2. The molecule has 9 heteroatoms. The lowest BCUT2D eigenvalue weighted by molar-refractivity contribution is -0.137. The summed E-state index contributed by atoms with van der Waals surface area (Å²) in [5.41, 5.74) is 0. The first-order valence-electron chi connectivity index (χ1n) is 5.45. The first-order valence-corrected chi connectivity index (χ1v) is 6.93. The van der Waals surface area contributed by atoms with Crippen LogP contribution in [0.5, 0.6) is 0 Å². The van der Waals surface area contributed by atoms with Crippen LogP contribution in [0.15, 0.2) is 0 Å². The summed E-state index contributed by atoms with van der Waals surface area (Å²) in [6, 6.07) is -0.476. The van der Waals surface area contributed by atoms with E-state index in [-0.39, 0.29) is 13.0 Å². The second-order valence-corrected chi connectivity index (χ2v) is 5.08. The first kappa shape index (κ1) is 16.6. The molecule has 8 nitrogen and oxygen atoms in total. The monoisotopic (exact) mass is 282 g/mol. The number of amides is 1. The standard InChI is InChI=1S/C9H18N2O6S/c1-3-17-9(14)11-18(15,16)10-7(2)5-4-6-8(12)13/h7,10H,3-6H2,1-2H3,(H,11,14)(H,12,13). The van der Waals surface area contributed by atoms with Gasteiger partial charge in [-0.1, -0.05) is 0 Å². The average molecular weight is 282 g/mol. The van der Waals surface area contributed by atoms with E-state index in [9.17, 15) is 18.0 Å². The lowest BCUT2D eigenvalue weighted by Crippen LogP contribution is -2.44. The van der Waals surface area contributed by atoms with Gasteiger partial charge in [-0.2, -0.15) is 13.1 Å². The Morgan fingerprint density at radius 1 is 1.39 bits per heavy atom. The van der Waals surface area contributed by atoms with Crippen molar-refractivity contribution in [2.75, 3.05) is 6.61 Å². The van der Waals surface area contributed by atoms with Crippen LogP contribution in [0.3, 0.4) is 0 Å². The Morgan fingerprint density at radius 2 is 2.00 bits per heavy atom. The van der Waals surface area contributed by atoms with E-state index in [0.717, 1.165) is 0 Å². The zero-order chi connectivity index (χ0) is 14.2. The minimum Gasteiger partial charge on any atom is -0.481 e. The molecule has 1 amide bonds. The van der Waals surface area contributed by atoms with Gasteiger partial charge in [0.1, 0.15) is 0 Å². The number of hydrogen-bond acceptors (Lipinski definition) is 5. The maximum absolute atomic E-state index is 11.4. The molecule has 0 saturated heterocycles. The quantitative estimate of drug-likeness (QED) is 0.585. The smallest absolute Gasteiger partial charge is 0.421 e. The van der Waals surface area contributed by atoms with Gasteiger partial charge in [-0.3, -0.25) is 4.79 Å². The molecule has 0 saturated carbocycles. The summed E-state index contributed by atoms with van der Waals surface area (Å²) in [6.07, 6.45) is -0.381. The van der Waals surface area contributed by atoms with Crippen LogP contribution in [0.2, 0.25) is 0 Å². The highest BCUT2D eigenvalue weighted by atomic mass is 32.2. The van der Waals surface area contributed by atoms with Crippen LogP contribution in [0, 0.1) is 0 Å². The van der Waals surface area contributed by atoms with Crippen molar-refractivity contribution < 1.29 is 27.9 Å². The van der Waals surface area contributed by atoms with E-state index < -0.39 is 28.3 Å². The zero-order valence-electron chi connectivity index (χ0n) is 10.3. The predicted molar refractivity (Wildman–Crippen MR) is 63.2 cm³/mol. The van der Waals surface area contributed by atoms with E-state index in [0.29, 0.717) is 12.8 Å². The Balaban J connectivity index is 4.07. The number of carbonyl (C=O) groups is 2. The molecular weight excluding hydrogens is 264 g/mol. The number of aliphatic carboxylic acids is 1. The van der Waals surface area contributed by atoms with Gasteiger partial charge in [0.2, 0.25) is 0 Å². The molecule has 0 heterocycles. The van der Waals surface area contributed by atoms with Gasteiger partial charge in [0.05, 0.1) is 6.61 Å². The van der Waals surface area contributed by atoms with Crippen molar-refractivity contribution in [2.24, 2.45) is 0 Å². The van der Waals surface area contributed by atoms with Gasteiger partial charge in [-0.25, -0.2) is 9.52 Å². The predicted octanol–water partition coefficient (Wildman–Crippen LogP) is 0.210. The summed E-state index contributed by atoms with van der Waals surface area (Å²) >= 11 is 0. The van der Waals surface area contributed by atoms with Crippen molar-refractivity contribution in [1.29, 1.82) is 0 Å². The van der Waals surface area contributed by atoms with Crippen molar-refractivity contribution in [3.8, 4) is 0 Å². The van der Waals surface area contributed by atoms with Gasteiger partial charge in [0.25, 0.3) is 0 Å². The number of hydrogen-bond donors (Lipinski definition) is 3. The van der Waals surface area contributed by atoms with Gasteiger partial charge in [0, 0.05) is 12.5 Å². The summed E-state index contributed by atoms with van der Waals surface area (Å²) in [6.45, 7) is 3.19. The molecule has 0 aromatic carbocycles. The highest BCUT2D eigenvalue weighted by Gasteiger charge is 2.17. The molecule has 0 rings (SSSR count). The molecule has 1 atom stereocenters. The van der Waals surface area contributed by atoms with Crippen LogP contribution in [0.1, 0.15) is 33.1 Å². The molecule has 0 aliphatic heterocycles. The fourth-order valence-corrected chi connectivity index (χ4v) is 2.17. The fourth-order valence-electron chi connectivity index (χ4n) is 1.18. The SMILES string of the molecule is CCOC(=O)NS(=O)(=O)NC(C)CCCC(=O)O. The number of rotatable bonds is 8. The zero-order valence-corrected chi connectivity index (χ0v) is 11.1. The number of carboxylic acids is 1. The Labute approximate surface area is 106 Å². The summed E-state index contributed by atoms with van der Waals surface area (Å²) in [4.78, 5) is 21.2. The van der Waals surface area contributed by atoms with Gasteiger partial charge >= 0.3 is 22.3 Å². The molecule has 0 bridgehead atoms. The third kappa shape index (κ3) is 8.76. The summed E-state index contributed by atoms with van der Waals surface area (Å²) in [5.74, 6) is -0.935. The minimum absolute atomic E-state index is 0.0304. The average Bonchev–Trinajstić information content (AvgIpc) is 2.14. The van der Waals surface area contributed by atoms with Gasteiger partial charge in [0.15, 0.2) is 0 Å². The van der Waals surface area contributed by atoms with Crippen LogP contribution in [-0.4, -0.2) is 38.2 Å². The van der Waals surface area contributed by atoms with Crippen molar-refractivity contribution in [2.45, 2.75) is 39.2 Å². The second kappa shape index (κ2) is 7.88. The summed E-state index contributed by atoms with van der Waals surface area (Å²) in [5, 5.41) is 8.42. The third-order valence-electron chi connectivity index (χ3n) is 1.88. The molecule has 0 aromatic rings. The molecule has 18 heavy (non-hydrogen) atoms. The Bertz CT molecular complexity index is 381. The van der Waals surface area contributed by atoms with Crippen LogP contribution >= 0.6 is 0 Å². The molecule has 0 aromatic heterocycles. The molecule has 0 radical (unpaired) electrons. The topological polar surface area (TPSA) is 122 Å². The van der Waals surface area contributed by atoms with Crippen LogP contribution in [0.25, 0.3) is 0 Å². The number of ether oxygens (including phenoxy) is 1. The van der Waals surface area contributed by atoms with Crippen LogP contribution in [0.4, 0.5) is 4.79 Å². The normalized spacial score (nSPS) is 12.8. The fraction of sp³-hybridized carbons (Fsp3) is 0.778. The van der Waals surface area contributed by atoms with Crippen molar-refractivity contribution in [3.63, 3.8) is 0 Å². The van der Waals surface area contributed by atoms with Crippen LogP contribution in [-0.2, 0) is 19.7 Å². The van der Waals surface area contributed by atoms with Gasteiger partial charge in [-0.15, -0.1) is 0 Å². The maximum atomic E-state index is 11.4. The summed E-state index contributed by atoms with van der Waals surface area (Å²) < 4.78 is 31.1. The van der Waals surface area contributed by atoms with E-state index >= 15 is 0 Å². The lowest BCUT2D eigenvalue weighted by atomic mass is 10.1. The third-order valence-corrected chi connectivity index (χ3v) is 3.03. The van der Waals surface area contributed by atoms with Crippen LogP contribution < -0.4 is 9.44 Å². The molecule has 1 unspecified atom stereocenters. The Kier molecular flexibility index (Phi) is 7.29. The molecule has 106 valence electrons. The summed E-state index contributed by atoms with van der Waals surface area (Å²) in [7, 11) is -3.97. The highest BCUT2D eigenvalue weighted by Crippen LogP contribution is 2.01. The Hall–Kier alpha value is -1.35. The Morgan fingerprint density at radius 3 is 2.50 bits per heavy atom. The van der Waals surface area contributed by atoms with Gasteiger partial charge < -0.3 is 9.84 Å². The minimum atomic E-state index is -3.97. The number of carbonyl (C=O) groups excluding carboxylic acids is 1. The molecule has 0 fully saturated rings. The van der Waals surface area contributed by atoms with E-state index in [2.05, 4.69) is 9.46 Å². The molecule has 3 N–H and O–H groups in total. The second-order valence-electron chi connectivity index (χ2n) is 3.63. The maximum Gasteiger partial charge on any atom is 0.421 e. The van der Waals surface area contributed by atoms with E-state index in [1.165, 1.54) is 0 Å².